The molecular formula is C17H23N7. The van der Waals surface area contributed by atoms with Crippen LogP contribution in [0.15, 0.2) is 30.7 Å². The predicted octanol–water partition coefficient (Wildman–Crippen LogP) is 1.71. The summed E-state index contributed by atoms with van der Waals surface area (Å²) in [5.41, 5.74) is 3.43. The molecule has 7 heteroatoms. The smallest absolute Gasteiger partial charge is 0.153 e. The molecule has 4 rings (SSSR count). The van der Waals surface area contributed by atoms with Gasteiger partial charge in [0.05, 0.1) is 5.69 Å². The fraction of sp³-hybridized carbons (Fsp3) is 0.471. The van der Waals surface area contributed by atoms with Crippen LogP contribution in [0.4, 0.5) is 5.82 Å². The van der Waals surface area contributed by atoms with E-state index in [2.05, 4.69) is 38.5 Å². The van der Waals surface area contributed by atoms with E-state index in [1.54, 1.807) is 10.7 Å². The summed E-state index contributed by atoms with van der Waals surface area (Å²) in [5.74, 6) is 0.906. The fourth-order valence-electron chi connectivity index (χ4n) is 3.45. The van der Waals surface area contributed by atoms with Crippen molar-refractivity contribution in [3.05, 3.63) is 42.0 Å². The molecule has 1 N–H and O–H groups in total. The number of likely N-dealkylation sites (tertiary alicyclic amines) is 1. The molecule has 1 aliphatic heterocycles. The summed E-state index contributed by atoms with van der Waals surface area (Å²) >= 11 is 0. The Labute approximate surface area is 141 Å². The highest BCUT2D eigenvalue weighted by atomic mass is 15.3. The number of nitrogens with one attached hydrogen (secondary N) is 1. The molecule has 3 aromatic heterocycles. The van der Waals surface area contributed by atoms with Gasteiger partial charge in [-0.05, 0) is 25.0 Å². The van der Waals surface area contributed by atoms with Crippen LogP contribution in [0, 0.1) is 0 Å². The molecule has 0 amide bonds. The van der Waals surface area contributed by atoms with Crippen molar-refractivity contribution in [3.63, 3.8) is 0 Å². The molecule has 126 valence electrons. The molecule has 0 aliphatic carbocycles. The third kappa shape index (κ3) is 2.99. The molecule has 3 aromatic rings. The molecule has 0 radical (unpaired) electrons. The number of rotatable bonds is 5. The van der Waals surface area contributed by atoms with E-state index >= 15 is 0 Å². The topological polar surface area (TPSA) is 63.3 Å². The van der Waals surface area contributed by atoms with Gasteiger partial charge in [0.1, 0.15) is 5.82 Å². The standard InChI is InChI=1S/C17H23N7/c1-3-15-13(10-22(2)20-15)11-23-8-6-14(12-23)19-16-4-5-17-18-7-9-24(17)21-16/h4-5,7,9-10,14H,3,6,8,11-12H2,1-2H3,(H,19,21). The average Bonchev–Trinajstić information content (AvgIpc) is 3.28. The summed E-state index contributed by atoms with van der Waals surface area (Å²) in [4.78, 5) is 6.72. The van der Waals surface area contributed by atoms with Crippen molar-refractivity contribution in [2.45, 2.75) is 32.4 Å². The van der Waals surface area contributed by atoms with Gasteiger partial charge < -0.3 is 5.32 Å². The van der Waals surface area contributed by atoms with Gasteiger partial charge in [-0.25, -0.2) is 9.50 Å². The first-order valence-corrected chi connectivity index (χ1v) is 8.52. The second-order valence-electron chi connectivity index (χ2n) is 6.44. The molecule has 0 spiro atoms. The second kappa shape index (κ2) is 6.24. The van der Waals surface area contributed by atoms with Crippen LogP contribution < -0.4 is 5.32 Å². The van der Waals surface area contributed by atoms with Crippen LogP contribution in [-0.2, 0) is 20.0 Å². The zero-order valence-corrected chi connectivity index (χ0v) is 14.2. The number of hydrogen-bond donors (Lipinski definition) is 1. The van der Waals surface area contributed by atoms with Crippen LogP contribution in [0.25, 0.3) is 5.65 Å². The highest BCUT2D eigenvalue weighted by Crippen LogP contribution is 2.18. The third-order valence-corrected chi connectivity index (χ3v) is 4.60. The van der Waals surface area contributed by atoms with Gasteiger partial charge in [-0.3, -0.25) is 9.58 Å². The van der Waals surface area contributed by atoms with Crippen molar-refractivity contribution in [2.75, 3.05) is 18.4 Å². The number of nitrogens with zero attached hydrogens (tertiary/aromatic N) is 6. The lowest BCUT2D eigenvalue weighted by Gasteiger charge is -2.17. The van der Waals surface area contributed by atoms with Crippen LogP contribution in [0.2, 0.25) is 0 Å². The van der Waals surface area contributed by atoms with Gasteiger partial charge in [0, 0.05) is 56.9 Å². The molecule has 1 saturated heterocycles. The number of aryl methyl sites for hydroxylation is 2. The summed E-state index contributed by atoms with van der Waals surface area (Å²) in [6.45, 7) is 5.27. The first-order valence-electron chi connectivity index (χ1n) is 8.52. The molecule has 0 aromatic carbocycles. The summed E-state index contributed by atoms with van der Waals surface area (Å²) in [7, 11) is 1.99. The highest BCUT2D eigenvalue weighted by molar-refractivity contribution is 5.44. The first kappa shape index (κ1) is 15.1. The van der Waals surface area contributed by atoms with Crippen LogP contribution in [0.1, 0.15) is 24.6 Å². The van der Waals surface area contributed by atoms with Crippen LogP contribution in [0.3, 0.4) is 0 Å². The largest absolute Gasteiger partial charge is 0.365 e. The summed E-state index contributed by atoms with van der Waals surface area (Å²) < 4.78 is 3.72. The van der Waals surface area contributed by atoms with E-state index in [0.717, 1.165) is 43.9 Å². The van der Waals surface area contributed by atoms with E-state index in [4.69, 9.17) is 0 Å². The maximum atomic E-state index is 4.55. The van der Waals surface area contributed by atoms with E-state index < -0.39 is 0 Å². The molecule has 1 atom stereocenters. The van der Waals surface area contributed by atoms with Crippen molar-refractivity contribution >= 4 is 11.5 Å². The fourth-order valence-corrected chi connectivity index (χ4v) is 3.45. The average molecular weight is 325 g/mol. The zero-order chi connectivity index (χ0) is 16.5. The molecule has 7 nitrogen and oxygen atoms in total. The van der Waals surface area contributed by atoms with Gasteiger partial charge in [-0.15, -0.1) is 5.10 Å². The lowest BCUT2D eigenvalue weighted by molar-refractivity contribution is 0.327. The van der Waals surface area contributed by atoms with Gasteiger partial charge in [-0.1, -0.05) is 6.92 Å². The van der Waals surface area contributed by atoms with E-state index in [9.17, 15) is 0 Å². The van der Waals surface area contributed by atoms with Gasteiger partial charge in [0.15, 0.2) is 5.65 Å². The Morgan fingerprint density at radius 1 is 1.29 bits per heavy atom. The zero-order valence-electron chi connectivity index (χ0n) is 14.2. The maximum absolute atomic E-state index is 4.55. The maximum Gasteiger partial charge on any atom is 0.153 e. The molecule has 24 heavy (non-hydrogen) atoms. The molecule has 1 fully saturated rings. The summed E-state index contributed by atoms with van der Waals surface area (Å²) in [5, 5.41) is 12.6. The quantitative estimate of drug-likeness (QED) is 0.774. The lowest BCUT2D eigenvalue weighted by Crippen LogP contribution is -2.26. The third-order valence-electron chi connectivity index (χ3n) is 4.60. The Balaban J connectivity index is 1.39. The lowest BCUT2D eigenvalue weighted by atomic mass is 10.2. The van der Waals surface area contributed by atoms with Crippen LogP contribution in [0.5, 0.6) is 0 Å². The molecular weight excluding hydrogens is 302 g/mol. The SMILES string of the molecule is CCc1nn(C)cc1CN1CCC(Nc2ccc3nccn3n2)C1. The molecule has 0 bridgehead atoms. The number of imidazole rings is 1. The Morgan fingerprint density at radius 3 is 3.08 bits per heavy atom. The minimum Gasteiger partial charge on any atom is -0.365 e. The van der Waals surface area contributed by atoms with Crippen LogP contribution in [-0.4, -0.2) is 48.4 Å². The number of anilines is 1. The van der Waals surface area contributed by atoms with E-state index in [1.807, 2.05) is 30.1 Å². The Bertz CT molecular complexity index is 834. The highest BCUT2D eigenvalue weighted by Gasteiger charge is 2.24. The molecule has 4 heterocycles. The van der Waals surface area contributed by atoms with Crippen molar-refractivity contribution in [1.82, 2.24) is 29.3 Å². The van der Waals surface area contributed by atoms with E-state index in [-0.39, 0.29) is 0 Å². The van der Waals surface area contributed by atoms with Crippen molar-refractivity contribution in [1.29, 1.82) is 0 Å². The molecule has 0 saturated carbocycles. The predicted molar refractivity (Wildman–Crippen MR) is 92.9 cm³/mol. The van der Waals surface area contributed by atoms with Crippen LogP contribution >= 0.6 is 0 Å². The van der Waals surface area contributed by atoms with Crippen molar-refractivity contribution < 1.29 is 0 Å². The minimum atomic E-state index is 0.431. The van der Waals surface area contributed by atoms with Gasteiger partial charge >= 0.3 is 0 Å². The normalized spacial score (nSPS) is 18.5. The minimum absolute atomic E-state index is 0.431. The molecule has 1 aliphatic rings. The van der Waals surface area contributed by atoms with E-state index in [0.29, 0.717) is 6.04 Å². The summed E-state index contributed by atoms with van der Waals surface area (Å²) in [6.07, 6.45) is 7.90. The first-order chi connectivity index (χ1) is 11.7. The Kier molecular flexibility index (Phi) is 3.93. The molecule has 1 unspecified atom stereocenters. The Hall–Kier alpha value is -2.41. The van der Waals surface area contributed by atoms with Gasteiger partial charge in [-0.2, -0.15) is 5.10 Å². The monoisotopic (exact) mass is 325 g/mol. The summed E-state index contributed by atoms with van der Waals surface area (Å²) in [6, 6.07) is 4.42. The number of fused-ring (bicyclic) bond motifs is 1. The Morgan fingerprint density at radius 2 is 2.21 bits per heavy atom. The van der Waals surface area contributed by atoms with E-state index in [1.165, 1.54) is 11.3 Å². The van der Waals surface area contributed by atoms with Gasteiger partial charge in [0.2, 0.25) is 0 Å². The number of hydrogen-bond acceptors (Lipinski definition) is 5. The van der Waals surface area contributed by atoms with Gasteiger partial charge in [0.25, 0.3) is 0 Å². The van der Waals surface area contributed by atoms with Crippen molar-refractivity contribution in [2.24, 2.45) is 7.05 Å². The second-order valence-corrected chi connectivity index (χ2v) is 6.44. The number of aromatic nitrogens is 5. The van der Waals surface area contributed by atoms with Crippen molar-refractivity contribution in [3.8, 4) is 0 Å².